The second kappa shape index (κ2) is 8.86. The number of nitrogens with two attached hydrogens (primary N) is 1. The van der Waals surface area contributed by atoms with Crippen LogP contribution in [0.4, 0.5) is 19.7 Å². The average molecular weight is 490 g/mol. The van der Waals surface area contributed by atoms with Gasteiger partial charge in [0.25, 0.3) is 0 Å². The van der Waals surface area contributed by atoms with Gasteiger partial charge in [0.05, 0.1) is 22.1 Å². The molecule has 0 radical (unpaired) electrons. The highest BCUT2D eigenvalue weighted by Gasteiger charge is 2.33. The Hall–Kier alpha value is -3.40. The van der Waals surface area contributed by atoms with Crippen LogP contribution in [0.2, 0.25) is 0 Å². The molecule has 0 spiro atoms. The molecule has 2 heterocycles. The molecule has 33 heavy (non-hydrogen) atoms. The summed E-state index contributed by atoms with van der Waals surface area (Å²) in [4.78, 5) is 16.7. The zero-order valence-electron chi connectivity index (χ0n) is 17.0. The minimum atomic E-state index is -3.75. The summed E-state index contributed by atoms with van der Waals surface area (Å²) in [6.07, 6.45) is 0.472. The number of nitriles is 1. The lowest BCUT2D eigenvalue weighted by Gasteiger charge is -2.17. The number of carbonyl (C=O) groups excluding carboxylic acids is 1. The van der Waals surface area contributed by atoms with E-state index in [9.17, 15) is 22.0 Å². The lowest BCUT2D eigenvalue weighted by molar-refractivity contribution is 0.103. The number of sulfonamides is 1. The van der Waals surface area contributed by atoms with Gasteiger partial charge in [0, 0.05) is 19.1 Å². The first-order chi connectivity index (χ1) is 15.7. The zero-order chi connectivity index (χ0) is 23.8. The Balaban J connectivity index is 1.48. The van der Waals surface area contributed by atoms with Gasteiger partial charge in [-0.15, -0.1) is 0 Å². The van der Waals surface area contributed by atoms with Gasteiger partial charge in [-0.05, 0) is 42.8 Å². The number of carbonyl (C=O) groups is 1. The standard InChI is InChI=1S/C21H17F2N5O3S2/c22-15-2-1-3-16(23)17(15)18(29)19-20(25)27-21(32-19)26-13-8-9-28(11-13)33(30,31)14-6-4-12(10-24)5-7-14/h1-7,13H,8-9,11,25H2,(H,26,27). The van der Waals surface area contributed by atoms with Crippen LogP contribution >= 0.6 is 11.3 Å². The number of nitrogens with one attached hydrogen (secondary N) is 1. The molecule has 4 rings (SSSR count). The van der Waals surface area contributed by atoms with Crippen molar-refractivity contribution in [1.82, 2.24) is 9.29 Å². The summed E-state index contributed by atoms with van der Waals surface area (Å²) in [7, 11) is -3.75. The highest BCUT2D eigenvalue weighted by atomic mass is 32.2. The van der Waals surface area contributed by atoms with E-state index in [4.69, 9.17) is 11.0 Å². The first-order valence-corrected chi connectivity index (χ1v) is 12.0. The van der Waals surface area contributed by atoms with E-state index >= 15 is 0 Å². The normalized spacial score (nSPS) is 16.5. The first-order valence-electron chi connectivity index (χ1n) is 9.72. The largest absolute Gasteiger partial charge is 0.382 e. The van der Waals surface area contributed by atoms with Crippen LogP contribution in [0.5, 0.6) is 0 Å². The van der Waals surface area contributed by atoms with Crippen LogP contribution in [-0.4, -0.2) is 42.6 Å². The molecule has 0 saturated carbocycles. The number of thiazole rings is 1. The molecule has 170 valence electrons. The van der Waals surface area contributed by atoms with E-state index in [0.717, 1.165) is 29.5 Å². The van der Waals surface area contributed by atoms with Crippen molar-refractivity contribution in [2.24, 2.45) is 0 Å². The monoisotopic (exact) mass is 489 g/mol. The zero-order valence-corrected chi connectivity index (χ0v) is 18.6. The summed E-state index contributed by atoms with van der Waals surface area (Å²) < 4.78 is 55.0. The van der Waals surface area contributed by atoms with E-state index in [0.29, 0.717) is 12.0 Å². The van der Waals surface area contributed by atoms with Gasteiger partial charge in [0.1, 0.15) is 22.3 Å². The van der Waals surface area contributed by atoms with Crippen LogP contribution in [0.3, 0.4) is 0 Å². The fourth-order valence-corrected chi connectivity index (χ4v) is 5.88. The highest BCUT2D eigenvalue weighted by molar-refractivity contribution is 7.89. The van der Waals surface area contributed by atoms with Crippen LogP contribution in [0.15, 0.2) is 47.4 Å². The second-order valence-electron chi connectivity index (χ2n) is 7.29. The Bertz CT molecular complexity index is 1350. The molecule has 1 aliphatic rings. The molecule has 0 aliphatic carbocycles. The quantitative estimate of drug-likeness (QED) is 0.509. The molecule has 8 nitrogen and oxygen atoms in total. The van der Waals surface area contributed by atoms with Gasteiger partial charge in [0.15, 0.2) is 5.13 Å². The predicted molar refractivity (Wildman–Crippen MR) is 118 cm³/mol. The molecule has 0 amide bonds. The van der Waals surface area contributed by atoms with E-state index in [1.807, 2.05) is 6.07 Å². The number of anilines is 2. The molecule has 1 atom stereocenters. The molecule has 1 aliphatic heterocycles. The third-order valence-electron chi connectivity index (χ3n) is 5.15. The Labute approximate surface area is 192 Å². The van der Waals surface area contributed by atoms with Crippen molar-refractivity contribution in [3.8, 4) is 6.07 Å². The molecule has 1 saturated heterocycles. The maximum Gasteiger partial charge on any atom is 0.243 e. The molecule has 2 aromatic carbocycles. The van der Waals surface area contributed by atoms with Crippen LogP contribution in [0, 0.1) is 23.0 Å². The number of nitrogens with zero attached hydrogens (tertiary/aromatic N) is 3. The van der Waals surface area contributed by atoms with Crippen molar-refractivity contribution in [3.05, 3.63) is 70.1 Å². The van der Waals surface area contributed by atoms with Crippen molar-refractivity contribution in [2.45, 2.75) is 17.4 Å². The number of nitrogen functional groups attached to an aromatic ring is 1. The van der Waals surface area contributed by atoms with Crippen LogP contribution in [0.25, 0.3) is 0 Å². The summed E-state index contributed by atoms with van der Waals surface area (Å²) in [5.74, 6) is -3.08. The molecular formula is C21H17F2N5O3S2. The number of hydrogen-bond donors (Lipinski definition) is 2. The third kappa shape index (κ3) is 4.43. The first kappa shape index (κ1) is 22.8. The minimum Gasteiger partial charge on any atom is -0.382 e. The van der Waals surface area contributed by atoms with Crippen molar-refractivity contribution >= 4 is 38.1 Å². The second-order valence-corrected chi connectivity index (χ2v) is 10.2. The van der Waals surface area contributed by atoms with E-state index in [1.165, 1.54) is 28.6 Å². The van der Waals surface area contributed by atoms with E-state index in [-0.39, 0.29) is 39.9 Å². The van der Waals surface area contributed by atoms with E-state index in [2.05, 4.69) is 10.3 Å². The SMILES string of the molecule is N#Cc1ccc(S(=O)(=O)N2CCC(Nc3nc(N)c(C(=O)c4c(F)cccc4F)s3)C2)cc1. The lowest BCUT2D eigenvalue weighted by Crippen LogP contribution is -2.31. The van der Waals surface area contributed by atoms with Crippen LogP contribution in [0.1, 0.15) is 27.2 Å². The van der Waals surface area contributed by atoms with Gasteiger partial charge in [0.2, 0.25) is 15.8 Å². The number of rotatable bonds is 6. The Kier molecular flexibility index (Phi) is 6.11. The Morgan fingerprint density at radius 3 is 2.52 bits per heavy atom. The molecule has 12 heteroatoms. The highest BCUT2D eigenvalue weighted by Crippen LogP contribution is 2.31. The molecule has 3 N–H and O–H groups in total. The van der Waals surface area contributed by atoms with Gasteiger partial charge in [-0.3, -0.25) is 4.79 Å². The third-order valence-corrected chi connectivity index (χ3v) is 8.03. The van der Waals surface area contributed by atoms with Gasteiger partial charge in [-0.2, -0.15) is 9.57 Å². The van der Waals surface area contributed by atoms with Gasteiger partial charge >= 0.3 is 0 Å². The topological polar surface area (TPSA) is 129 Å². The minimum absolute atomic E-state index is 0.0837. The van der Waals surface area contributed by atoms with Crippen molar-refractivity contribution in [1.29, 1.82) is 5.26 Å². The molecule has 0 bridgehead atoms. The predicted octanol–water partition coefficient (Wildman–Crippen LogP) is 2.98. The summed E-state index contributed by atoms with van der Waals surface area (Å²) in [6, 6.07) is 10.4. The smallest absolute Gasteiger partial charge is 0.243 e. The summed E-state index contributed by atoms with van der Waals surface area (Å²) in [5.41, 5.74) is 5.46. The molecular weight excluding hydrogens is 472 g/mol. The molecule has 1 fully saturated rings. The van der Waals surface area contributed by atoms with Crippen molar-refractivity contribution in [2.75, 3.05) is 24.1 Å². The lowest BCUT2D eigenvalue weighted by atomic mass is 10.1. The van der Waals surface area contributed by atoms with Gasteiger partial charge < -0.3 is 11.1 Å². The summed E-state index contributed by atoms with van der Waals surface area (Å²) >= 11 is 0.847. The van der Waals surface area contributed by atoms with Crippen LogP contribution < -0.4 is 11.1 Å². The Morgan fingerprint density at radius 2 is 1.88 bits per heavy atom. The van der Waals surface area contributed by atoms with Gasteiger partial charge in [-0.1, -0.05) is 17.4 Å². The number of ketones is 1. The number of halogens is 2. The molecule has 1 aromatic heterocycles. The average Bonchev–Trinajstić information content (AvgIpc) is 3.40. The molecule has 1 unspecified atom stereocenters. The Morgan fingerprint density at radius 1 is 1.21 bits per heavy atom. The summed E-state index contributed by atoms with van der Waals surface area (Å²) in [5, 5.41) is 12.2. The fourth-order valence-electron chi connectivity index (χ4n) is 3.47. The van der Waals surface area contributed by atoms with Crippen molar-refractivity contribution < 1.29 is 22.0 Å². The van der Waals surface area contributed by atoms with Crippen molar-refractivity contribution in [3.63, 3.8) is 0 Å². The molecule has 3 aromatic rings. The number of benzene rings is 2. The van der Waals surface area contributed by atoms with E-state index in [1.54, 1.807) is 0 Å². The number of aromatic nitrogens is 1. The fraction of sp³-hybridized carbons (Fsp3) is 0.190. The van der Waals surface area contributed by atoms with Crippen LogP contribution in [-0.2, 0) is 10.0 Å². The maximum atomic E-state index is 14.0. The van der Waals surface area contributed by atoms with Gasteiger partial charge in [-0.25, -0.2) is 22.2 Å². The maximum absolute atomic E-state index is 14.0. The summed E-state index contributed by atoms with van der Waals surface area (Å²) in [6.45, 7) is 0.403. The van der Waals surface area contributed by atoms with E-state index < -0.39 is 33.0 Å². The number of hydrogen-bond acceptors (Lipinski definition) is 8.